The third-order valence-electron chi connectivity index (χ3n) is 3.94. The first-order valence-electron chi connectivity index (χ1n) is 8.27. The Morgan fingerprint density at radius 2 is 2.20 bits per heavy atom. The van der Waals surface area contributed by atoms with Gasteiger partial charge in [0.25, 0.3) is 5.56 Å². The molecule has 1 aromatic carbocycles. The fraction of sp³-hybridized carbons (Fsp3) is 0.389. The van der Waals surface area contributed by atoms with E-state index in [-0.39, 0.29) is 11.5 Å². The Balaban J connectivity index is 1.55. The summed E-state index contributed by atoms with van der Waals surface area (Å²) in [5, 5.41) is 0. The number of nitrogens with zero attached hydrogens (tertiary/aromatic N) is 2. The molecule has 3 rings (SSSR count). The molecular formula is C18H21N3O4. The van der Waals surface area contributed by atoms with E-state index in [1.165, 1.54) is 6.07 Å². The van der Waals surface area contributed by atoms with Gasteiger partial charge in [-0.25, -0.2) is 4.98 Å². The predicted octanol–water partition coefficient (Wildman–Crippen LogP) is 1.45. The van der Waals surface area contributed by atoms with Gasteiger partial charge in [-0.05, 0) is 19.1 Å². The average Bonchev–Trinajstić information content (AvgIpc) is 2.62. The molecule has 1 aromatic heterocycles. The van der Waals surface area contributed by atoms with E-state index < -0.39 is 6.10 Å². The summed E-state index contributed by atoms with van der Waals surface area (Å²) in [4.78, 5) is 32.7. The number of aromatic nitrogens is 2. The second-order valence-electron chi connectivity index (χ2n) is 5.88. The monoisotopic (exact) mass is 343 g/mol. The van der Waals surface area contributed by atoms with Gasteiger partial charge < -0.3 is 19.4 Å². The van der Waals surface area contributed by atoms with Crippen molar-refractivity contribution in [2.75, 3.05) is 26.3 Å². The largest absolute Gasteiger partial charge is 0.493 e. The van der Waals surface area contributed by atoms with Crippen molar-refractivity contribution >= 4 is 5.91 Å². The van der Waals surface area contributed by atoms with Crippen LogP contribution < -0.4 is 10.3 Å². The molecule has 2 aromatic rings. The molecule has 1 amide bonds. The van der Waals surface area contributed by atoms with Crippen molar-refractivity contribution in [1.29, 1.82) is 0 Å². The number of amides is 1. The van der Waals surface area contributed by atoms with Crippen LogP contribution in [0.3, 0.4) is 0 Å². The molecule has 1 fully saturated rings. The Bertz CT molecular complexity index is 775. The molecule has 1 aliphatic rings. The minimum absolute atomic E-state index is 0.000712. The van der Waals surface area contributed by atoms with Crippen LogP contribution in [0.1, 0.15) is 24.0 Å². The van der Waals surface area contributed by atoms with Crippen molar-refractivity contribution in [2.45, 2.75) is 19.4 Å². The number of aryl methyl sites for hydroxylation is 1. The maximum Gasteiger partial charge on any atom is 0.251 e. The number of hydrogen-bond acceptors (Lipinski definition) is 5. The quantitative estimate of drug-likeness (QED) is 0.888. The molecule has 25 heavy (non-hydrogen) atoms. The molecule has 0 radical (unpaired) electrons. The molecule has 0 saturated carbocycles. The molecule has 1 saturated heterocycles. The van der Waals surface area contributed by atoms with Crippen LogP contribution in [0.2, 0.25) is 0 Å². The van der Waals surface area contributed by atoms with Crippen LogP contribution in [0.5, 0.6) is 5.75 Å². The number of ether oxygens (including phenoxy) is 2. The van der Waals surface area contributed by atoms with Gasteiger partial charge in [-0.3, -0.25) is 9.59 Å². The van der Waals surface area contributed by atoms with E-state index in [0.717, 1.165) is 5.75 Å². The molecule has 1 unspecified atom stereocenters. The summed E-state index contributed by atoms with van der Waals surface area (Å²) in [7, 11) is 0. The van der Waals surface area contributed by atoms with Gasteiger partial charge in [0.1, 0.15) is 17.7 Å². The summed E-state index contributed by atoms with van der Waals surface area (Å²) < 4.78 is 11.2. The summed E-state index contributed by atoms with van der Waals surface area (Å²) in [6.07, 6.45) is -0.125. The molecule has 1 N–H and O–H groups in total. The Morgan fingerprint density at radius 1 is 1.40 bits per heavy atom. The molecule has 2 heterocycles. The van der Waals surface area contributed by atoms with Gasteiger partial charge in [0.05, 0.1) is 26.2 Å². The molecule has 1 atom stereocenters. The van der Waals surface area contributed by atoms with Gasteiger partial charge in [0.15, 0.2) is 0 Å². The van der Waals surface area contributed by atoms with Gasteiger partial charge in [0, 0.05) is 18.3 Å². The molecule has 0 aliphatic carbocycles. The summed E-state index contributed by atoms with van der Waals surface area (Å²) in [6.45, 7) is 3.39. The summed E-state index contributed by atoms with van der Waals surface area (Å²) in [6, 6.07) is 10.8. The lowest BCUT2D eigenvalue weighted by atomic mass is 10.2. The smallest absolute Gasteiger partial charge is 0.251 e. The van der Waals surface area contributed by atoms with Gasteiger partial charge in [-0.2, -0.15) is 0 Å². The number of carbonyl (C=O) groups is 1. The highest BCUT2D eigenvalue weighted by Crippen LogP contribution is 2.19. The third kappa shape index (κ3) is 4.67. The van der Waals surface area contributed by atoms with Crippen LogP contribution in [0, 0.1) is 6.92 Å². The van der Waals surface area contributed by atoms with Crippen LogP contribution in [0.25, 0.3) is 0 Å². The fourth-order valence-electron chi connectivity index (χ4n) is 2.73. The standard InChI is InChI=1S/C18H21N3O4/c1-13-11-16(22)20-18(19-13)15-12-21(8-10-25-15)17(23)7-9-24-14-5-3-2-4-6-14/h2-6,11,15H,7-10,12H2,1H3,(H,19,20,22). The highest BCUT2D eigenvalue weighted by Gasteiger charge is 2.27. The van der Waals surface area contributed by atoms with E-state index in [4.69, 9.17) is 9.47 Å². The van der Waals surface area contributed by atoms with Crippen molar-refractivity contribution < 1.29 is 14.3 Å². The maximum atomic E-state index is 12.4. The Morgan fingerprint density at radius 3 is 2.96 bits per heavy atom. The van der Waals surface area contributed by atoms with Gasteiger partial charge in [-0.1, -0.05) is 18.2 Å². The third-order valence-corrected chi connectivity index (χ3v) is 3.94. The first kappa shape index (κ1) is 17.2. The molecular weight excluding hydrogens is 322 g/mol. The number of hydrogen-bond donors (Lipinski definition) is 1. The number of nitrogens with one attached hydrogen (secondary N) is 1. The maximum absolute atomic E-state index is 12.4. The number of carbonyl (C=O) groups excluding carboxylic acids is 1. The van der Waals surface area contributed by atoms with E-state index in [9.17, 15) is 9.59 Å². The fourth-order valence-corrected chi connectivity index (χ4v) is 2.73. The average molecular weight is 343 g/mol. The molecule has 7 heteroatoms. The zero-order chi connectivity index (χ0) is 17.6. The van der Waals surface area contributed by atoms with Crippen molar-refractivity contribution in [3.05, 3.63) is 58.3 Å². The summed E-state index contributed by atoms with van der Waals surface area (Å²) in [5.41, 5.74) is 0.410. The summed E-state index contributed by atoms with van der Waals surface area (Å²) in [5.74, 6) is 1.21. The van der Waals surface area contributed by atoms with Crippen molar-refractivity contribution in [3.8, 4) is 5.75 Å². The first-order chi connectivity index (χ1) is 12.1. The topological polar surface area (TPSA) is 84.5 Å². The minimum Gasteiger partial charge on any atom is -0.493 e. The van der Waals surface area contributed by atoms with E-state index >= 15 is 0 Å². The van der Waals surface area contributed by atoms with E-state index in [2.05, 4.69) is 9.97 Å². The minimum atomic E-state index is -0.416. The SMILES string of the molecule is Cc1cc(=O)[nH]c(C2CN(C(=O)CCOc3ccccc3)CCO2)n1. The number of benzene rings is 1. The second-order valence-corrected chi connectivity index (χ2v) is 5.88. The lowest BCUT2D eigenvalue weighted by Gasteiger charge is -2.32. The second kappa shape index (κ2) is 7.94. The molecule has 132 valence electrons. The van der Waals surface area contributed by atoms with Crippen molar-refractivity contribution in [2.24, 2.45) is 0 Å². The van der Waals surface area contributed by atoms with Gasteiger partial charge in [-0.15, -0.1) is 0 Å². The Hall–Kier alpha value is -2.67. The molecule has 1 aliphatic heterocycles. The number of morpholine rings is 1. The number of para-hydroxylation sites is 1. The van der Waals surface area contributed by atoms with Crippen molar-refractivity contribution in [3.63, 3.8) is 0 Å². The highest BCUT2D eigenvalue weighted by atomic mass is 16.5. The number of rotatable bonds is 5. The number of H-pyrrole nitrogens is 1. The van der Waals surface area contributed by atoms with Gasteiger partial charge >= 0.3 is 0 Å². The molecule has 7 nitrogen and oxygen atoms in total. The predicted molar refractivity (Wildman–Crippen MR) is 91.4 cm³/mol. The lowest BCUT2D eigenvalue weighted by Crippen LogP contribution is -2.43. The lowest BCUT2D eigenvalue weighted by molar-refractivity contribution is -0.139. The molecule has 0 spiro atoms. The van der Waals surface area contributed by atoms with Crippen LogP contribution in [0.15, 0.2) is 41.2 Å². The van der Waals surface area contributed by atoms with Crippen molar-refractivity contribution in [1.82, 2.24) is 14.9 Å². The number of aromatic amines is 1. The van der Waals surface area contributed by atoms with Crippen LogP contribution in [-0.2, 0) is 9.53 Å². The van der Waals surface area contributed by atoms with E-state index in [0.29, 0.717) is 44.2 Å². The van der Waals surface area contributed by atoms with Crippen LogP contribution in [-0.4, -0.2) is 47.1 Å². The zero-order valence-electron chi connectivity index (χ0n) is 14.1. The van der Waals surface area contributed by atoms with Gasteiger partial charge in [0.2, 0.25) is 5.91 Å². The normalized spacial score (nSPS) is 17.3. The van der Waals surface area contributed by atoms with Crippen LogP contribution >= 0.6 is 0 Å². The zero-order valence-corrected chi connectivity index (χ0v) is 14.1. The van der Waals surface area contributed by atoms with Crippen LogP contribution in [0.4, 0.5) is 0 Å². The molecule has 0 bridgehead atoms. The Kier molecular flexibility index (Phi) is 5.45. The highest BCUT2D eigenvalue weighted by molar-refractivity contribution is 5.76. The summed E-state index contributed by atoms with van der Waals surface area (Å²) >= 11 is 0. The van der Waals surface area contributed by atoms with E-state index in [1.807, 2.05) is 30.3 Å². The first-order valence-corrected chi connectivity index (χ1v) is 8.27. The Labute approximate surface area is 145 Å². The van der Waals surface area contributed by atoms with E-state index in [1.54, 1.807) is 11.8 Å².